The Morgan fingerprint density at radius 3 is 2.35 bits per heavy atom. The van der Waals surface area contributed by atoms with Crippen molar-refractivity contribution in [1.29, 1.82) is 0 Å². The van der Waals surface area contributed by atoms with Crippen LogP contribution in [0.3, 0.4) is 0 Å². The van der Waals surface area contributed by atoms with E-state index in [-0.39, 0.29) is 5.70 Å². The summed E-state index contributed by atoms with van der Waals surface area (Å²) in [6.07, 6.45) is 7.21. The van der Waals surface area contributed by atoms with Crippen LogP contribution in [0, 0.1) is 6.57 Å². The molecule has 1 aliphatic carbocycles. The molecular formula is C29H30N2O2S. The zero-order chi connectivity index (χ0) is 24.1. The summed E-state index contributed by atoms with van der Waals surface area (Å²) in [6.45, 7) is 13.8. The van der Waals surface area contributed by atoms with Crippen molar-refractivity contribution in [2.45, 2.75) is 46.0 Å². The average molecular weight is 471 g/mol. The number of fused-ring (bicyclic) bond motifs is 3. The molecule has 4 nitrogen and oxygen atoms in total. The van der Waals surface area contributed by atoms with Gasteiger partial charge in [0.25, 0.3) is 5.70 Å². The zero-order valence-electron chi connectivity index (χ0n) is 19.8. The third-order valence-electron chi connectivity index (χ3n) is 6.32. The molecule has 0 bridgehead atoms. The van der Waals surface area contributed by atoms with Gasteiger partial charge in [0.15, 0.2) is 0 Å². The van der Waals surface area contributed by atoms with Gasteiger partial charge in [0.05, 0.1) is 6.57 Å². The van der Waals surface area contributed by atoms with Crippen LogP contribution in [0.25, 0.3) is 32.5 Å². The van der Waals surface area contributed by atoms with Crippen molar-refractivity contribution in [2.75, 3.05) is 18.0 Å². The average Bonchev–Trinajstić information content (AvgIpc) is 3.45. The predicted octanol–water partition coefficient (Wildman–Crippen LogP) is 7.74. The van der Waals surface area contributed by atoms with Crippen LogP contribution >= 0.6 is 11.3 Å². The Balaban J connectivity index is 1.57. The second kappa shape index (κ2) is 10.7. The fraction of sp³-hybridized carbons (Fsp3) is 0.310. The van der Waals surface area contributed by atoms with Gasteiger partial charge in [-0.3, -0.25) is 4.79 Å². The highest BCUT2D eigenvalue weighted by Gasteiger charge is 2.21. The van der Waals surface area contributed by atoms with Gasteiger partial charge in [-0.05, 0) is 83.5 Å². The Hall–Kier alpha value is -3.36. The molecule has 4 rings (SSSR count). The Kier molecular flexibility index (Phi) is 7.49. The molecule has 0 radical (unpaired) electrons. The highest BCUT2D eigenvalue weighted by atomic mass is 32.1. The molecule has 0 amide bonds. The van der Waals surface area contributed by atoms with Gasteiger partial charge < -0.3 is 10.0 Å². The van der Waals surface area contributed by atoms with E-state index < -0.39 is 5.97 Å². The van der Waals surface area contributed by atoms with E-state index in [9.17, 15) is 4.79 Å². The van der Waals surface area contributed by atoms with Crippen LogP contribution in [0.15, 0.2) is 54.2 Å². The fourth-order valence-electron chi connectivity index (χ4n) is 4.48. The summed E-state index contributed by atoms with van der Waals surface area (Å²) in [5, 5.41) is 9.11. The van der Waals surface area contributed by atoms with Crippen molar-refractivity contribution in [2.24, 2.45) is 0 Å². The number of hydrogen-bond acceptors (Lipinski definition) is 3. The lowest BCUT2D eigenvalue weighted by atomic mass is 10.0. The lowest BCUT2D eigenvalue weighted by Crippen LogP contribution is -2.25. The van der Waals surface area contributed by atoms with Gasteiger partial charge in [0.1, 0.15) is 0 Å². The van der Waals surface area contributed by atoms with Crippen molar-refractivity contribution in [1.82, 2.24) is 0 Å². The number of anilines is 1. The van der Waals surface area contributed by atoms with E-state index in [1.165, 1.54) is 71.0 Å². The molecule has 3 aromatic rings. The van der Waals surface area contributed by atoms with Crippen LogP contribution in [0.2, 0.25) is 0 Å². The standard InChI is InChI=1S/C29H30N2O2S/c1-4-6-14-31(15-7-5-2)23-9-12-26-22(18-23)17-21-16-20(8-11-25(21)26)28-13-10-24(34-28)19-27(30-3)29(32)33/h8-13,16,18-19H,4-7,14-15,17H2,1-2H3,(H,32,33)/b27-19-. The predicted molar refractivity (Wildman–Crippen MR) is 142 cm³/mol. The SMILES string of the molecule is [C-]#[N+]/C(=C\c1ccc(-c2ccc3c(c2)Cc2cc(N(CCCC)CCCC)ccc2-3)s1)C(=O)O. The summed E-state index contributed by atoms with van der Waals surface area (Å²) in [6, 6.07) is 17.4. The molecule has 0 saturated carbocycles. The summed E-state index contributed by atoms with van der Waals surface area (Å²) in [5.74, 6) is -1.19. The van der Waals surface area contributed by atoms with E-state index in [1.54, 1.807) is 0 Å². The Labute approximate surface area is 206 Å². The molecular weight excluding hydrogens is 440 g/mol. The normalized spacial score (nSPS) is 12.2. The van der Waals surface area contributed by atoms with Crippen LogP contribution in [0.5, 0.6) is 0 Å². The first-order chi connectivity index (χ1) is 16.5. The van der Waals surface area contributed by atoms with Gasteiger partial charge in [0, 0.05) is 28.5 Å². The molecule has 34 heavy (non-hydrogen) atoms. The van der Waals surface area contributed by atoms with Crippen molar-refractivity contribution >= 4 is 29.1 Å². The second-order valence-corrected chi connectivity index (χ2v) is 9.85. The lowest BCUT2D eigenvalue weighted by Gasteiger charge is -2.25. The maximum atomic E-state index is 11.1. The third-order valence-corrected chi connectivity index (χ3v) is 7.40. The summed E-state index contributed by atoms with van der Waals surface area (Å²) >= 11 is 1.51. The summed E-state index contributed by atoms with van der Waals surface area (Å²) in [7, 11) is 0. The zero-order valence-corrected chi connectivity index (χ0v) is 20.6. The topological polar surface area (TPSA) is 44.9 Å². The summed E-state index contributed by atoms with van der Waals surface area (Å²) in [4.78, 5) is 18.6. The number of nitrogens with zero attached hydrogens (tertiary/aromatic N) is 2. The van der Waals surface area contributed by atoms with E-state index >= 15 is 0 Å². The van der Waals surface area contributed by atoms with Gasteiger partial charge in [-0.25, -0.2) is 4.85 Å². The highest BCUT2D eigenvalue weighted by molar-refractivity contribution is 7.16. The van der Waals surface area contributed by atoms with Crippen molar-refractivity contribution in [3.63, 3.8) is 0 Å². The second-order valence-electron chi connectivity index (χ2n) is 8.73. The monoisotopic (exact) mass is 470 g/mol. The number of hydrogen-bond donors (Lipinski definition) is 1. The van der Waals surface area contributed by atoms with Gasteiger partial charge >= 0.3 is 5.97 Å². The number of carbonyl (C=O) groups is 1. The van der Waals surface area contributed by atoms with Gasteiger partial charge in [-0.15, -0.1) is 11.3 Å². The smallest absolute Gasteiger partial charge is 0.333 e. The van der Waals surface area contributed by atoms with E-state index in [0.717, 1.165) is 34.8 Å². The molecule has 0 atom stereocenters. The van der Waals surface area contributed by atoms with E-state index in [2.05, 4.69) is 60.0 Å². The van der Waals surface area contributed by atoms with E-state index in [1.807, 2.05) is 12.1 Å². The minimum absolute atomic E-state index is 0.263. The molecule has 174 valence electrons. The first kappa shape index (κ1) is 23.8. The molecule has 1 aromatic heterocycles. The number of rotatable bonds is 10. The maximum absolute atomic E-state index is 11.1. The number of carboxylic acid groups (broad SMARTS) is 1. The summed E-state index contributed by atoms with van der Waals surface area (Å²) in [5.41, 5.74) is 7.55. The minimum atomic E-state index is -1.19. The van der Waals surface area contributed by atoms with Crippen LogP contribution in [0.1, 0.15) is 55.5 Å². The van der Waals surface area contributed by atoms with Gasteiger partial charge in [-0.1, -0.05) is 44.9 Å². The van der Waals surface area contributed by atoms with Gasteiger partial charge in [-0.2, -0.15) is 0 Å². The fourth-order valence-corrected chi connectivity index (χ4v) is 5.42. The molecule has 5 heteroatoms. The number of carboxylic acids is 1. The minimum Gasteiger partial charge on any atom is -0.486 e. The Morgan fingerprint density at radius 2 is 1.71 bits per heavy atom. The van der Waals surface area contributed by atoms with Crippen LogP contribution in [0.4, 0.5) is 5.69 Å². The maximum Gasteiger partial charge on any atom is 0.333 e. The largest absolute Gasteiger partial charge is 0.486 e. The molecule has 0 fully saturated rings. The number of unbranched alkanes of at least 4 members (excludes halogenated alkanes) is 2. The molecule has 0 spiro atoms. The number of thiophene rings is 1. The number of aliphatic carboxylic acids is 1. The molecule has 1 N–H and O–H groups in total. The molecule has 1 heterocycles. The summed E-state index contributed by atoms with van der Waals surface area (Å²) < 4.78 is 0. The first-order valence-electron chi connectivity index (χ1n) is 12.0. The van der Waals surface area contributed by atoms with E-state index in [4.69, 9.17) is 11.7 Å². The van der Waals surface area contributed by atoms with Crippen LogP contribution in [-0.2, 0) is 11.2 Å². The Morgan fingerprint density at radius 1 is 1.03 bits per heavy atom. The molecule has 0 saturated heterocycles. The van der Waals surface area contributed by atoms with Crippen molar-refractivity contribution in [3.8, 4) is 21.6 Å². The third kappa shape index (κ3) is 5.08. The molecule has 0 aliphatic heterocycles. The molecule has 1 aliphatic rings. The quantitative estimate of drug-likeness (QED) is 0.190. The first-order valence-corrected chi connectivity index (χ1v) is 12.8. The molecule has 0 unspecified atom stereocenters. The van der Waals surface area contributed by atoms with Crippen molar-refractivity contribution in [3.05, 3.63) is 81.6 Å². The molecule has 2 aromatic carbocycles. The van der Waals surface area contributed by atoms with Crippen molar-refractivity contribution < 1.29 is 9.90 Å². The number of benzene rings is 2. The lowest BCUT2D eigenvalue weighted by molar-refractivity contribution is -0.132. The van der Waals surface area contributed by atoms with Crippen LogP contribution in [-0.4, -0.2) is 24.2 Å². The Bertz CT molecular complexity index is 1260. The van der Waals surface area contributed by atoms with Crippen LogP contribution < -0.4 is 4.90 Å². The van der Waals surface area contributed by atoms with E-state index in [0.29, 0.717) is 0 Å². The van der Waals surface area contributed by atoms with Gasteiger partial charge in [0.2, 0.25) is 0 Å². The highest BCUT2D eigenvalue weighted by Crippen LogP contribution is 2.41.